The molecule has 0 aliphatic carbocycles. The van der Waals surface area contributed by atoms with Gasteiger partial charge in [-0.1, -0.05) is 5.57 Å². The Morgan fingerprint density at radius 3 is 2.88 bits per heavy atom. The van der Waals surface area contributed by atoms with Crippen molar-refractivity contribution >= 4 is 11.5 Å². The van der Waals surface area contributed by atoms with Crippen LogP contribution in [0.3, 0.4) is 0 Å². The molecule has 0 saturated carbocycles. The van der Waals surface area contributed by atoms with Crippen molar-refractivity contribution in [3.05, 3.63) is 34.4 Å². The second kappa shape index (κ2) is 5.83. The third-order valence-corrected chi connectivity index (χ3v) is 2.03. The molecule has 0 unspecified atom stereocenters. The maximum Gasteiger partial charge on any atom is 0.278 e. The van der Waals surface area contributed by atoms with E-state index in [-0.39, 0.29) is 11.6 Å². The van der Waals surface area contributed by atoms with Gasteiger partial charge >= 0.3 is 0 Å². The second-order valence-electron chi connectivity index (χ2n) is 3.61. The molecule has 1 heterocycles. The average Bonchev–Trinajstić information content (AvgIpc) is 2.28. The number of nitrogens with one attached hydrogen (secondary N) is 1. The molecule has 6 nitrogen and oxygen atoms in total. The maximum absolute atomic E-state index is 10.7. The molecule has 0 aliphatic heterocycles. The van der Waals surface area contributed by atoms with Crippen molar-refractivity contribution in [2.45, 2.75) is 13.3 Å². The highest BCUT2D eigenvalue weighted by Crippen LogP contribution is 2.22. The first-order valence-electron chi connectivity index (χ1n) is 5.14. The van der Waals surface area contributed by atoms with Crippen molar-refractivity contribution in [3.63, 3.8) is 0 Å². The van der Waals surface area contributed by atoms with E-state index in [1.807, 2.05) is 6.92 Å². The van der Waals surface area contributed by atoms with E-state index in [1.165, 1.54) is 12.1 Å². The van der Waals surface area contributed by atoms with E-state index in [1.54, 1.807) is 7.05 Å². The Labute approximate surface area is 99.5 Å². The Hall–Kier alpha value is -2.11. The van der Waals surface area contributed by atoms with Crippen LogP contribution in [0.5, 0.6) is 5.88 Å². The Balaban J connectivity index is 2.80. The van der Waals surface area contributed by atoms with Crippen molar-refractivity contribution < 1.29 is 9.66 Å². The van der Waals surface area contributed by atoms with Crippen molar-refractivity contribution in [2.24, 2.45) is 0 Å². The maximum atomic E-state index is 10.7. The molecule has 0 amide bonds. The summed E-state index contributed by atoms with van der Waals surface area (Å²) in [5.41, 5.74) is 0.943. The van der Waals surface area contributed by atoms with Gasteiger partial charge in [-0.05, 0) is 6.92 Å². The minimum Gasteiger partial charge on any atom is -0.477 e. The monoisotopic (exact) mass is 237 g/mol. The number of nitrogens with zero attached hydrogens (tertiary/aromatic N) is 2. The van der Waals surface area contributed by atoms with Crippen molar-refractivity contribution in [2.75, 3.05) is 19.0 Å². The topological polar surface area (TPSA) is 77.3 Å². The van der Waals surface area contributed by atoms with Gasteiger partial charge in [0.25, 0.3) is 5.69 Å². The summed E-state index contributed by atoms with van der Waals surface area (Å²) in [6.45, 7) is 6.05. The minimum atomic E-state index is -0.478. The van der Waals surface area contributed by atoms with Gasteiger partial charge < -0.3 is 10.1 Å². The van der Waals surface area contributed by atoms with Crippen molar-refractivity contribution in [1.82, 2.24) is 4.98 Å². The standard InChI is InChI=1S/C11H15N3O3/c1-8(2)4-5-17-11-7-9(14(15)16)6-10(12-3)13-11/h6-7H,1,4-5H2,2-3H3,(H,12,13). The quantitative estimate of drug-likeness (QED) is 0.467. The van der Waals surface area contributed by atoms with Gasteiger partial charge in [0.2, 0.25) is 5.88 Å². The Morgan fingerprint density at radius 1 is 1.65 bits per heavy atom. The summed E-state index contributed by atoms with van der Waals surface area (Å²) in [6, 6.07) is 2.66. The molecular formula is C11H15N3O3. The lowest BCUT2D eigenvalue weighted by Gasteiger charge is -2.06. The van der Waals surface area contributed by atoms with Crippen molar-refractivity contribution in [1.29, 1.82) is 0 Å². The normalized spacial score (nSPS) is 9.76. The smallest absolute Gasteiger partial charge is 0.278 e. The highest BCUT2D eigenvalue weighted by molar-refractivity contribution is 5.47. The third kappa shape index (κ3) is 4.10. The molecule has 0 aliphatic rings. The molecule has 17 heavy (non-hydrogen) atoms. The van der Waals surface area contributed by atoms with Crippen LogP contribution in [0.4, 0.5) is 11.5 Å². The molecular weight excluding hydrogens is 222 g/mol. The molecule has 0 atom stereocenters. The largest absolute Gasteiger partial charge is 0.477 e. The Bertz CT molecular complexity index is 432. The number of hydrogen-bond acceptors (Lipinski definition) is 5. The highest BCUT2D eigenvalue weighted by Gasteiger charge is 2.11. The predicted molar refractivity (Wildman–Crippen MR) is 65.4 cm³/mol. The number of aromatic nitrogens is 1. The van der Waals surface area contributed by atoms with Crippen LogP contribution < -0.4 is 10.1 Å². The van der Waals surface area contributed by atoms with Crippen LogP contribution in [0.1, 0.15) is 13.3 Å². The van der Waals surface area contributed by atoms with Crippen LogP contribution in [-0.4, -0.2) is 23.6 Å². The molecule has 0 fully saturated rings. The molecule has 0 spiro atoms. The number of ether oxygens (including phenoxy) is 1. The summed E-state index contributed by atoms with van der Waals surface area (Å²) in [5.74, 6) is 0.648. The number of rotatable bonds is 6. The SMILES string of the molecule is C=C(C)CCOc1cc([N+](=O)[O-])cc(NC)n1. The predicted octanol–water partition coefficient (Wildman–Crippen LogP) is 2.38. The molecule has 0 radical (unpaired) electrons. The van der Waals surface area contributed by atoms with E-state index in [9.17, 15) is 10.1 Å². The zero-order valence-electron chi connectivity index (χ0n) is 9.90. The van der Waals surface area contributed by atoms with E-state index < -0.39 is 4.92 Å². The second-order valence-corrected chi connectivity index (χ2v) is 3.61. The lowest BCUT2D eigenvalue weighted by Crippen LogP contribution is -2.02. The fraction of sp³-hybridized carbons (Fsp3) is 0.364. The van der Waals surface area contributed by atoms with Crippen LogP contribution >= 0.6 is 0 Å². The lowest BCUT2D eigenvalue weighted by atomic mass is 10.3. The Kier molecular flexibility index (Phi) is 4.45. The van der Waals surface area contributed by atoms with Gasteiger partial charge in [-0.2, -0.15) is 4.98 Å². The van der Waals surface area contributed by atoms with E-state index in [2.05, 4.69) is 16.9 Å². The van der Waals surface area contributed by atoms with E-state index in [0.717, 1.165) is 5.57 Å². The molecule has 1 aromatic rings. The summed E-state index contributed by atoms with van der Waals surface area (Å²) in [6.07, 6.45) is 0.694. The molecule has 1 aromatic heterocycles. The fourth-order valence-electron chi connectivity index (χ4n) is 1.13. The zero-order chi connectivity index (χ0) is 12.8. The first-order chi connectivity index (χ1) is 8.02. The van der Waals surface area contributed by atoms with Crippen LogP contribution in [0.25, 0.3) is 0 Å². The van der Waals surface area contributed by atoms with Gasteiger partial charge in [0.05, 0.1) is 23.7 Å². The number of anilines is 1. The van der Waals surface area contributed by atoms with Gasteiger partial charge in [-0.15, -0.1) is 6.58 Å². The molecule has 92 valence electrons. The lowest BCUT2D eigenvalue weighted by molar-refractivity contribution is -0.384. The molecule has 0 bridgehead atoms. The van der Waals surface area contributed by atoms with Gasteiger partial charge in [0, 0.05) is 13.5 Å². The summed E-state index contributed by atoms with van der Waals surface area (Å²) < 4.78 is 5.33. The number of nitro groups is 1. The summed E-state index contributed by atoms with van der Waals surface area (Å²) in [7, 11) is 1.64. The van der Waals surface area contributed by atoms with Gasteiger partial charge in [-0.25, -0.2) is 0 Å². The first-order valence-corrected chi connectivity index (χ1v) is 5.14. The minimum absolute atomic E-state index is 0.0466. The molecule has 1 N–H and O–H groups in total. The van der Waals surface area contributed by atoms with Gasteiger partial charge in [0.15, 0.2) is 0 Å². The summed E-state index contributed by atoms with van der Waals surface area (Å²) >= 11 is 0. The third-order valence-electron chi connectivity index (χ3n) is 2.03. The van der Waals surface area contributed by atoms with Crippen molar-refractivity contribution in [3.8, 4) is 5.88 Å². The Morgan fingerprint density at radius 2 is 2.35 bits per heavy atom. The van der Waals surface area contributed by atoms with E-state index >= 15 is 0 Å². The van der Waals surface area contributed by atoms with Crippen LogP contribution in [0.15, 0.2) is 24.3 Å². The van der Waals surface area contributed by atoms with Gasteiger partial charge in [0.1, 0.15) is 5.82 Å². The molecule has 6 heteroatoms. The molecule has 1 rings (SSSR count). The number of hydrogen-bond donors (Lipinski definition) is 1. The highest BCUT2D eigenvalue weighted by atomic mass is 16.6. The summed E-state index contributed by atoms with van der Waals surface area (Å²) in [5, 5.41) is 13.4. The van der Waals surface area contributed by atoms with Gasteiger partial charge in [-0.3, -0.25) is 10.1 Å². The van der Waals surface area contributed by atoms with Crippen LogP contribution in [0, 0.1) is 10.1 Å². The van der Waals surface area contributed by atoms with Crippen LogP contribution in [0.2, 0.25) is 0 Å². The summed E-state index contributed by atoms with van der Waals surface area (Å²) in [4.78, 5) is 14.3. The zero-order valence-corrected chi connectivity index (χ0v) is 9.90. The molecule has 0 aromatic carbocycles. The number of pyridine rings is 1. The fourth-order valence-corrected chi connectivity index (χ4v) is 1.13. The van der Waals surface area contributed by atoms with E-state index in [4.69, 9.17) is 4.74 Å². The molecule has 0 saturated heterocycles. The first kappa shape index (κ1) is 13.0. The average molecular weight is 237 g/mol. The van der Waals surface area contributed by atoms with E-state index in [0.29, 0.717) is 18.8 Å². The van der Waals surface area contributed by atoms with Crippen LogP contribution in [-0.2, 0) is 0 Å².